The number of anilines is 1. The second-order valence-electron chi connectivity index (χ2n) is 11.6. The molecule has 5 rings (SSSR count). The molecule has 3 aromatic rings. The van der Waals surface area contributed by atoms with E-state index in [1.54, 1.807) is 25.3 Å². The maximum atomic E-state index is 11.5. The van der Waals surface area contributed by atoms with Crippen LogP contribution in [0.3, 0.4) is 0 Å². The zero-order valence-corrected chi connectivity index (χ0v) is 24.9. The fraction of sp³-hybridized carbons (Fsp3) is 0.344. The van der Waals surface area contributed by atoms with Crippen molar-refractivity contribution in [2.45, 2.75) is 58.6 Å². The molecule has 0 aromatic heterocycles. The van der Waals surface area contributed by atoms with E-state index in [-0.39, 0.29) is 29.5 Å². The summed E-state index contributed by atoms with van der Waals surface area (Å²) in [5.41, 5.74) is 6.51. The van der Waals surface area contributed by atoms with E-state index in [9.17, 15) is 14.7 Å². The number of nitrogens with zero attached hydrogens (tertiary/aromatic N) is 1. The molecule has 0 saturated heterocycles. The van der Waals surface area contributed by atoms with Crippen molar-refractivity contribution >= 4 is 35.7 Å². The summed E-state index contributed by atoms with van der Waals surface area (Å²) in [6.07, 6.45) is 1.48. The number of fused-ring (bicyclic) bond motifs is 3. The van der Waals surface area contributed by atoms with Gasteiger partial charge in [-0.15, -0.1) is 12.4 Å². The van der Waals surface area contributed by atoms with Crippen molar-refractivity contribution in [3.05, 3.63) is 70.8 Å². The number of aliphatic carboxylic acids is 1. The number of hydrogen-bond acceptors (Lipinski definition) is 6. The fourth-order valence-corrected chi connectivity index (χ4v) is 5.53. The predicted molar refractivity (Wildman–Crippen MR) is 161 cm³/mol. The van der Waals surface area contributed by atoms with Gasteiger partial charge in [0.05, 0.1) is 18.4 Å². The van der Waals surface area contributed by atoms with Gasteiger partial charge in [-0.05, 0) is 81.6 Å². The van der Waals surface area contributed by atoms with Crippen LogP contribution < -0.4 is 19.5 Å². The van der Waals surface area contributed by atoms with Crippen molar-refractivity contribution in [1.29, 1.82) is 0 Å². The van der Waals surface area contributed by atoms with Crippen molar-refractivity contribution in [1.82, 2.24) is 0 Å². The Kier molecular flexibility index (Phi) is 8.09. The monoisotopic (exact) mass is 578 g/mol. The van der Waals surface area contributed by atoms with Crippen LogP contribution in [-0.2, 0) is 22.4 Å². The van der Waals surface area contributed by atoms with E-state index < -0.39 is 12.6 Å². The molecule has 0 aliphatic carbocycles. The van der Waals surface area contributed by atoms with Crippen LogP contribution in [0.2, 0.25) is 0 Å². The van der Waals surface area contributed by atoms with Crippen LogP contribution in [0.1, 0.15) is 56.9 Å². The highest BCUT2D eigenvalue weighted by molar-refractivity contribution is 6.16. The molecule has 0 radical (unpaired) electrons. The highest BCUT2D eigenvalue weighted by atomic mass is 35.5. The van der Waals surface area contributed by atoms with Gasteiger partial charge in [-0.1, -0.05) is 12.1 Å². The highest BCUT2D eigenvalue weighted by Gasteiger charge is 2.39. The van der Waals surface area contributed by atoms with Crippen LogP contribution in [0.5, 0.6) is 17.2 Å². The molecule has 1 amide bonds. The molecule has 3 aromatic carbocycles. The SMILES string of the molecule is COc1cc2c(c3c1OC(C)(C)C3)C(c1ccc(OCC(=O)O)c(-c3ccc(NC(C)=O)cc3)c1)=NC(C)(C)C2.Cl. The first-order valence-corrected chi connectivity index (χ1v) is 13.2. The van der Waals surface area contributed by atoms with Crippen LogP contribution in [0.25, 0.3) is 11.1 Å². The topological polar surface area (TPSA) is 106 Å². The lowest BCUT2D eigenvalue weighted by Gasteiger charge is -2.31. The predicted octanol–water partition coefficient (Wildman–Crippen LogP) is 6.09. The van der Waals surface area contributed by atoms with Gasteiger partial charge >= 0.3 is 5.97 Å². The van der Waals surface area contributed by atoms with E-state index in [0.717, 1.165) is 63.4 Å². The number of halogens is 1. The van der Waals surface area contributed by atoms with Gasteiger partial charge in [-0.3, -0.25) is 9.79 Å². The third-order valence-electron chi connectivity index (χ3n) is 7.02. The third kappa shape index (κ3) is 6.17. The number of carboxylic acids is 1. The lowest BCUT2D eigenvalue weighted by molar-refractivity contribution is -0.139. The average Bonchev–Trinajstić information content (AvgIpc) is 3.20. The lowest BCUT2D eigenvalue weighted by atomic mass is 9.80. The van der Waals surface area contributed by atoms with E-state index in [4.69, 9.17) is 19.2 Å². The second kappa shape index (κ2) is 11.1. The van der Waals surface area contributed by atoms with Gasteiger partial charge in [0.2, 0.25) is 5.91 Å². The number of carbonyl (C=O) groups is 2. The van der Waals surface area contributed by atoms with E-state index >= 15 is 0 Å². The number of benzene rings is 3. The minimum absolute atomic E-state index is 0. The van der Waals surface area contributed by atoms with E-state index in [1.165, 1.54) is 6.92 Å². The summed E-state index contributed by atoms with van der Waals surface area (Å²) < 4.78 is 17.8. The maximum Gasteiger partial charge on any atom is 0.341 e. The Labute approximate surface area is 246 Å². The van der Waals surface area contributed by atoms with Crippen molar-refractivity contribution in [3.8, 4) is 28.4 Å². The number of amides is 1. The Morgan fingerprint density at radius 2 is 1.68 bits per heavy atom. The molecule has 2 aliphatic rings. The Morgan fingerprint density at radius 3 is 2.32 bits per heavy atom. The lowest BCUT2D eigenvalue weighted by Crippen LogP contribution is -2.30. The molecule has 216 valence electrons. The van der Waals surface area contributed by atoms with E-state index in [0.29, 0.717) is 11.4 Å². The number of nitrogens with one attached hydrogen (secondary N) is 1. The molecule has 2 heterocycles. The quantitative estimate of drug-likeness (QED) is 0.351. The summed E-state index contributed by atoms with van der Waals surface area (Å²) in [6, 6.07) is 15.1. The molecule has 41 heavy (non-hydrogen) atoms. The number of ether oxygens (including phenoxy) is 3. The van der Waals surface area contributed by atoms with Gasteiger partial charge in [0.15, 0.2) is 18.1 Å². The Hall–Kier alpha value is -4.04. The van der Waals surface area contributed by atoms with Crippen molar-refractivity contribution < 1.29 is 28.9 Å². The maximum absolute atomic E-state index is 11.5. The number of carbonyl (C=O) groups excluding carboxylic acids is 1. The zero-order valence-electron chi connectivity index (χ0n) is 24.1. The number of aliphatic imine (C=N–C) groups is 1. The molecule has 0 bridgehead atoms. The molecule has 0 atom stereocenters. The number of methoxy groups -OCH3 is 1. The van der Waals surface area contributed by atoms with Crippen molar-refractivity contribution in [3.63, 3.8) is 0 Å². The standard InChI is InChI=1S/C32H34N2O6.ClH/c1-18(35)33-22-10-7-19(8-11-22)23-13-20(9-12-25(23)39-17-27(36)37)29-28-21(15-31(2,3)34-29)14-26(38-6)30-24(28)16-32(4,5)40-30;/h7-14H,15-17H2,1-6H3,(H,33,35)(H,36,37);1H. The molecular formula is C32H35ClN2O6. The molecule has 0 spiro atoms. The van der Waals surface area contributed by atoms with Gasteiger partial charge in [0, 0.05) is 41.3 Å². The first-order chi connectivity index (χ1) is 18.9. The molecule has 8 nitrogen and oxygen atoms in total. The first kappa shape index (κ1) is 29.9. The minimum Gasteiger partial charge on any atom is -0.493 e. The van der Waals surface area contributed by atoms with Gasteiger partial charge in [-0.2, -0.15) is 0 Å². The molecule has 2 aliphatic heterocycles. The van der Waals surface area contributed by atoms with Crippen LogP contribution in [-0.4, -0.2) is 47.6 Å². The Bertz CT molecular complexity index is 1540. The molecule has 0 saturated carbocycles. The summed E-state index contributed by atoms with van der Waals surface area (Å²) in [5, 5.41) is 12.0. The zero-order chi connectivity index (χ0) is 28.8. The van der Waals surface area contributed by atoms with Crippen LogP contribution in [0.4, 0.5) is 5.69 Å². The number of hydrogen-bond donors (Lipinski definition) is 2. The number of rotatable bonds is 7. The Morgan fingerprint density at radius 1 is 1.00 bits per heavy atom. The van der Waals surface area contributed by atoms with Crippen molar-refractivity contribution in [2.24, 2.45) is 4.99 Å². The van der Waals surface area contributed by atoms with Gasteiger partial charge < -0.3 is 24.6 Å². The van der Waals surface area contributed by atoms with Crippen LogP contribution >= 0.6 is 12.4 Å². The van der Waals surface area contributed by atoms with Crippen LogP contribution in [0.15, 0.2) is 53.5 Å². The third-order valence-corrected chi connectivity index (χ3v) is 7.02. The summed E-state index contributed by atoms with van der Waals surface area (Å²) in [7, 11) is 1.67. The summed E-state index contributed by atoms with van der Waals surface area (Å²) in [6.45, 7) is 9.36. The normalized spacial score (nSPS) is 15.8. The molecule has 9 heteroatoms. The smallest absolute Gasteiger partial charge is 0.341 e. The summed E-state index contributed by atoms with van der Waals surface area (Å²) >= 11 is 0. The second-order valence-corrected chi connectivity index (χ2v) is 11.6. The average molecular weight is 579 g/mol. The van der Waals surface area contributed by atoms with E-state index in [2.05, 4.69) is 39.1 Å². The highest BCUT2D eigenvalue weighted by Crippen LogP contribution is 2.48. The summed E-state index contributed by atoms with van der Waals surface area (Å²) in [5.74, 6) is 0.713. The minimum atomic E-state index is -1.06. The van der Waals surface area contributed by atoms with Crippen molar-refractivity contribution in [2.75, 3.05) is 19.0 Å². The largest absolute Gasteiger partial charge is 0.493 e. The molecule has 0 unspecified atom stereocenters. The molecule has 0 fully saturated rings. The first-order valence-electron chi connectivity index (χ1n) is 13.2. The van der Waals surface area contributed by atoms with E-state index in [1.807, 2.05) is 24.3 Å². The van der Waals surface area contributed by atoms with Gasteiger partial charge in [0.1, 0.15) is 11.4 Å². The van der Waals surface area contributed by atoms with Gasteiger partial charge in [0.25, 0.3) is 0 Å². The molecular weight excluding hydrogens is 544 g/mol. The van der Waals surface area contributed by atoms with Crippen LogP contribution in [0, 0.1) is 0 Å². The fourth-order valence-electron chi connectivity index (χ4n) is 5.53. The van der Waals surface area contributed by atoms with Gasteiger partial charge in [-0.25, -0.2) is 4.79 Å². The molecule has 2 N–H and O–H groups in total. The Balaban J connectivity index is 0.00000387. The summed E-state index contributed by atoms with van der Waals surface area (Å²) in [4.78, 5) is 28.0. The number of carboxylic acid groups (broad SMARTS) is 1.